The first-order chi connectivity index (χ1) is 8.19. The first-order valence-electron chi connectivity index (χ1n) is 5.52. The third-order valence-electron chi connectivity index (χ3n) is 2.49. The van der Waals surface area contributed by atoms with Crippen molar-refractivity contribution in [1.29, 1.82) is 0 Å². The fraction of sp³-hybridized carbons (Fsp3) is 0.462. The molecule has 4 heteroatoms. The molecule has 0 aromatic heterocycles. The van der Waals surface area contributed by atoms with Crippen LogP contribution in [0.2, 0.25) is 0 Å². The van der Waals surface area contributed by atoms with Gasteiger partial charge in [0.1, 0.15) is 11.3 Å². The maximum Gasteiger partial charge on any atom is 0.341 e. The molecular weight excluding hydrogens is 220 g/mol. The first kappa shape index (κ1) is 13.5. The molecule has 0 spiro atoms. The van der Waals surface area contributed by atoms with Gasteiger partial charge >= 0.3 is 5.97 Å². The molecule has 0 aliphatic heterocycles. The Morgan fingerprint density at radius 3 is 2.65 bits per heavy atom. The number of hydrogen-bond donors (Lipinski definition) is 0. The highest BCUT2D eigenvalue weighted by Gasteiger charge is 2.12. The molecule has 0 saturated carbocycles. The number of hydrogen-bond acceptors (Lipinski definition) is 4. The molecule has 1 aromatic rings. The van der Waals surface area contributed by atoms with Gasteiger partial charge in [0.2, 0.25) is 0 Å². The van der Waals surface area contributed by atoms with E-state index >= 15 is 0 Å². The molecule has 1 atom stereocenters. The molecule has 0 fully saturated rings. The van der Waals surface area contributed by atoms with Crippen LogP contribution in [0, 0.1) is 0 Å². The topological polar surface area (TPSA) is 44.8 Å². The predicted octanol–water partition coefficient (Wildman–Crippen LogP) is 2.28. The number of esters is 1. The number of benzene rings is 1. The van der Waals surface area contributed by atoms with Gasteiger partial charge in [0.25, 0.3) is 0 Å². The molecule has 0 bridgehead atoms. The molecule has 4 nitrogen and oxygen atoms in total. The van der Waals surface area contributed by atoms with Crippen molar-refractivity contribution in [2.75, 3.05) is 20.8 Å². The summed E-state index contributed by atoms with van der Waals surface area (Å²) in [5, 5.41) is 0. The van der Waals surface area contributed by atoms with Gasteiger partial charge in [-0.3, -0.25) is 0 Å². The Morgan fingerprint density at radius 2 is 2.00 bits per heavy atom. The molecule has 0 N–H and O–H groups in total. The quantitative estimate of drug-likeness (QED) is 0.713. The summed E-state index contributed by atoms with van der Waals surface area (Å²) in [6, 6.07) is 6.99. The zero-order valence-electron chi connectivity index (χ0n) is 10.4. The summed E-state index contributed by atoms with van der Waals surface area (Å²) >= 11 is 0. The van der Waals surface area contributed by atoms with E-state index in [-0.39, 0.29) is 12.1 Å². The summed E-state index contributed by atoms with van der Waals surface area (Å²) in [7, 11) is 3.16. The average Bonchev–Trinajstić information content (AvgIpc) is 2.38. The number of para-hydroxylation sites is 1. The van der Waals surface area contributed by atoms with Crippen LogP contribution in [0.1, 0.15) is 23.7 Å². The number of carbonyl (C=O) groups excluding carboxylic acids is 1. The van der Waals surface area contributed by atoms with Gasteiger partial charge in [-0.05, 0) is 19.1 Å². The minimum Gasteiger partial charge on any atom is -0.496 e. The van der Waals surface area contributed by atoms with Crippen LogP contribution in [0.15, 0.2) is 24.3 Å². The Labute approximate surface area is 101 Å². The van der Waals surface area contributed by atoms with Crippen LogP contribution in [0.5, 0.6) is 5.75 Å². The molecule has 1 rings (SSSR count). The molecule has 0 heterocycles. The summed E-state index contributed by atoms with van der Waals surface area (Å²) in [6.07, 6.45) is 0.762. The second-order valence-corrected chi connectivity index (χ2v) is 3.67. The highest BCUT2D eigenvalue weighted by molar-refractivity contribution is 5.92. The fourth-order valence-electron chi connectivity index (χ4n) is 1.33. The van der Waals surface area contributed by atoms with Crippen molar-refractivity contribution in [3.05, 3.63) is 29.8 Å². The summed E-state index contributed by atoms with van der Waals surface area (Å²) in [4.78, 5) is 11.8. The summed E-state index contributed by atoms with van der Waals surface area (Å²) in [6.45, 7) is 2.27. The van der Waals surface area contributed by atoms with Gasteiger partial charge in [-0.1, -0.05) is 12.1 Å². The second kappa shape index (κ2) is 6.91. The lowest BCUT2D eigenvalue weighted by Gasteiger charge is -2.11. The van der Waals surface area contributed by atoms with Crippen LogP contribution in [0.3, 0.4) is 0 Å². The largest absolute Gasteiger partial charge is 0.496 e. The zero-order chi connectivity index (χ0) is 12.7. The van der Waals surface area contributed by atoms with Gasteiger partial charge in [0.05, 0.1) is 19.8 Å². The third kappa shape index (κ3) is 4.07. The van der Waals surface area contributed by atoms with Gasteiger partial charge in [0.15, 0.2) is 0 Å². The van der Waals surface area contributed by atoms with Crippen molar-refractivity contribution < 1.29 is 19.0 Å². The first-order valence-corrected chi connectivity index (χ1v) is 5.52. The van der Waals surface area contributed by atoms with Crippen LogP contribution in [-0.4, -0.2) is 32.9 Å². The van der Waals surface area contributed by atoms with Crippen LogP contribution >= 0.6 is 0 Å². The Kier molecular flexibility index (Phi) is 5.49. The minimum atomic E-state index is -0.370. The SMILES string of the molecule is COc1ccccc1C(=O)OCCC(C)OC. The molecule has 0 aliphatic rings. The third-order valence-corrected chi connectivity index (χ3v) is 2.49. The maximum absolute atomic E-state index is 11.8. The summed E-state index contributed by atoms with van der Waals surface area (Å²) < 4.78 is 15.3. The van der Waals surface area contributed by atoms with Gasteiger partial charge in [0, 0.05) is 13.5 Å². The van der Waals surface area contributed by atoms with E-state index < -0.39 is 0 Å². The van der Waals surface area contributed by atoms with Gasteiger partial charge < -0.3 is 14.2 Å². The lowest BCUT2D eigenvalue weighted by Crippen LogP contribution is -2.13. The zero-order valence-corrected chi connectivity index (χ0v) is 10.4. The average molecular weight is 238 g/mol. The lowest BCUT2D eigenvalue weighted by molar-refractivity contribution is 0.0388. The lowest BCUT2D eigenvalue weighted by atomic mass is 10.2. The van der Waals surface area contributed by atoms with Crippen LogP contribution in [0.25, 0.3) is 0 Å². The van der Waals surface area contributed by atoms with E-state index in [0.717, 1.165) is 0 Å². The Bertz CT molecular complexity index is 362. The number of rotatable bonds is 6. The standard InChI is InChI=1S/C13H18O4/c1-10(15-2)8-9-17-13(14)11-6-4-5-7-12(11)16-3/h4-7,10H,8-9H2,1-3H3. The summed E-state index contributed by atoms with van der Waals surface area (Å²) in [5.74, 6) is 0.156. The van der Waals surface area contributed by atoms with Gasteiger partial charge in [-0.15, -0.1) is 0 Å². The minimum absolute atomic E-state index is 0.0838. The van der Waals surface area contributed by atoms with Crippen molar-refractivity contribution in [3.63, 3.8) is 0 Å². The molecule has 0 aliphatic carbocycles. The molecule has 1 aromatic carbocycles. The van der Waals surface area contributed by atoms with Crippen LogP contribution in [0.4, 0.5) is 0 Å². The molecule has 17 heavy (non-hydrogen) atoms. The van der Waals surface area contributed by atoms with E-state index in [9.17, 15) is 4.79 Å². The van der Waals surface area contributed by atoms with Crippen molar-refractivity contribution >= 4 is 5.97 Å². The molecule has 0 saturated heterocycles. The molecule has 0 amide bonds. The van der Waals surface area contributed by atoms with E-state index in [1.165, 1.54) is 7.11 Å². The monoisotopic (exact) mass is 238 g/mol. The summed E-state index contributed by atoms with van der Waals surface area (Å²) in [5.41, 5.74) is 0.445. The number of carbonyl (C=O) groups is 1. The molecule has 1 unspecified atom stereocenters. The highest BCUT2D eigenvalue weighted by atomic mass is 16.5. The van der Waals surface area contributed by atoms with E-state index in [0.29, 0.717) is 24.3 Å². The van der Waals surface area contributed by atoms with Crippen molar-refractivity contribution in [3.8, 4) is 5.75 Å². The van der Waals surface area contributed by atoms with E-state index in [1.807, 2.05) is 13.0 Å². The van der Waals surface area contributed by atoms with Crippen LogP contribution < -0.4 is 4.74 Å². The maximum atomic E-state index is 11.8. The van der Waals surface area contributed by atoms with Gasteiger partial charge in [-0.2, -0.15) is 0 Å². The molecular formula is C13H18O4. The Balaban J connectivity index is 2.52. The van der Waals surface area contributed by atoms with Gasteiger partial charge in [-0.25, -0.2) is 4.79 Å². The Morgan fingerprint density at radius 1 is 1.29 bits per heavy atom. The fourth-order valence-corrected chi connectivity index (χ4v) is 1.33. The normalized spacial score (nSPS) is 11.9. The van der Waals surface area contributed by atoms with Crippen LogP contribution in [-0.2, 0) is 9.47 Å². The highest BCUT2D eigenvalue weighted by Crippen LogP contribution is 2.18. The second-order valence-electron chi connectivity index (χ2n) is 3.67. The van der Waals surface area contributed by atoms with E-state index in [4.69, 9.17) is 14.2 Å². The molecule has 0 radical (unpaired) electrons. The number of ether oxygens (including phenoxy) is 3. The van der Waals surface area contributed by atoms with Crippen molar-refractivity contribution in [2.45, 2.75) is 19.4 Å². The van der Waals surface area contributed by atoms with E-state index in [1.54, 1.807) is 25.3 Å². The van der Waals surface area contributed by atoms with Crippen molar-refractivity contribution in [2.24, 2.45) is 0 Å². The molecule has 94 valence electrons. The van der Waals surface area contributed by atoms with Crippen molar-refractivity contribution in [1.82, 2.24) is 0 Å². The van der Waals surface area contributed by atoms with E-state index in [2.05, 4.69) is 0 Å². The smallest absolute Gasteiger partial charge is 0.341 e. The number of methoxy groups -OCH3 is 2. The predicted molar refractivity (Wildman–Crippen MR) is 64.4 cm³/mol. The Hall–Kier alpha value is -1.55.